The number of hydrogen-bond donors (Lipinski definition) is 2. The number of nitrogens with two attached hydrogens (primary N) is 1. The molecule has 0 unspecified atom stereocenters. The van der Waals surface area contributed by atoms with E-state index < -0.39 is 0 Å². The zero-order chi connectivity index (χ0) is 32.7. The summed E-state index contributed by atoms with van der Waals surface area (Å²) in [5, 5.41) is 7.43. The minimum Gasteiger partial charge on any atom is -0.366 e. The van der Waals surface area contributed by atoms with E-state index in [1.54, 1.807) is 38.1 Å². The Bertz CT molecular complexity index is 1940. The molecule has 0 aliphatic rings. The molecule has 45 heavy (non-hydrogen) atoms. The topological polar surface area (TPSA) is 63.8 Å². The van der Waals surface area contributed by atoms with Crippen LogP contribution in [0, 0.1) is 25.5 Å². The second kappa shape index (κ2) is 15.9. The molecule has 0 fully saturated rings. The fourth-order valence-electron chi connectivity index (χ4n) is 4.20. The first kappa shape index (κ1) is 34.6. The Kier molecular flexibility index (Phi) is 12.2. The molecule has 0 saturated heterocycles. The number of halogens is 7. The number of hydrogen-bond acceptors (Lipinski definition) is 4. The van der Waals surface area contributed by atoms with Crippen LogP contribution >= 0.6 is 58.0 Å². The molecule has 4 nitrogen and oxygen atoms in total. The summed E-state index contributed by atoms with van der Waals surface area (Å²) >= 11 is 29.4. The highest BCUT2D eigenvalue weighted by molar-refractivity contribution is 6.38. The van der Waals surface area contributed by atoms with E-state index in [4.69, 9.17) is 63.7 Å². The molecule has 232 valence electrons. The van der Waals surface area contributed by atoms with Crippen LogP contribution in [0.2, 0.25) is 25.2 Å². The monoisotopic (exact) mass is 704 g/mol. The summed E-state index contributed by atoms with van der Waals surface area (Å²) in [4.78, 5) is 8.51. The number of benzene rings is 4. The van der Waals surface area contributed by atoms with Crippen molar-refractivity contribution in [1.82, 2.24) is 9.97 Å². The first-order valence-corrected chi connectivity index (χ1v) is 15.4. The van der Waals surface area contributed by atoms with Crippen LogP contribution in [-0.4, -0.2) is 9.97 Å². The molecule has 3 N–H and O–H groups in total. The number of nitrogens with one attached hydrogen (secondary N) is 1. The summed E-state index contributed by atoms with van der Waals surface area (Å²) in [6, 6.07) is 24.4. The van der Waals surface area contributed by atoms with E-state index in [2.05, 4.69) is 15.3 Å². The zero-order valence-corrected chi connectivity index (χ0v) is 27.9. The SMILES string of the molecule is Cc1c(F)ccc2c(Cl)cc(Cl)nc12.Cc1c(F)ccc2c(Cl)cc(NCc3ccc(Cl)cc3)nc12.NCc1ccc(Cl)cc1. The van der Waals surface area contributed by atoms with E-state index in [1.807, 2.05) is 48.5 Å². The van der Waals surface area contributed by atoms with Crippen molar-refractivity contribution in [2.45, 2.75) is 26.9 Å². The van der Waals surface area contributed by atoms with Crippen molar-refractivity contribution in [2.24, 2.45) is 5.73 Å². The van der Waals surface area contributed by atoms with Crippen molar-refractivity contribution in [1.29, 1.82) is 0 Å². The lowest BCUT2D eigenvalue weighted by Crippen LogP contribution is -2.02. The van der Waals surface area contributed by atoms with Gasteiger partial charge in [0.1, 0.15) is 22.6 Å². The Labute approximate surface area is 285 Å². The van der Waals surface area contributed by atoms with Crippen LogP contribution in [0.25, 0.3) is 21.8 Å². The first-order chi connectivity index (χ1) is 21.5. The zero-order valence-electron chi connectivity index (χ0n) is 24.1. The van der Waals surface area contributed by atoms with Gasteiger partial charge in [0.15, 0.2) is 0 Å². The third-order valence-corrected chi connectivity index (χ3v) is 8.06. The number of rotatable bonds is 4. The second-order valence-electron chi connectivity index (χ2n) is 9.86. The summed E-state index contributed by atoms with van der Waals surface area (Å²) in [6.07, 6.45) is 0. The van der Waals surface area contributed by atoms with Crippen molar-refractivity contribution in [2.75, 3.05) is 5.32 Å². The van der Waals surface area contributed by atoms with Gasteiger partial charge < -0.3 is 11.1 Å². The third kappa shape index (κ3) is 9.17. The normalized spacial score (nSPS) is 10.6. The molecule has 0 saturated carbocycles. The van der Waals surface area contributed by atoms with E-state index in [1.165, 1.54) is 12.1 Å². The Hall–Kier alpha value is -3.23. The smallest absolute Gasteiger partial charge is 0.131 e. The van der Waals surface area contributed by atoms with Crippen LogP contribution in [0.1, 0.15) is 22.3 Å². The van der Waals surface area contributed by atoms with Crippen LogP contribution in [0.3, 0.4) is 0 Å². The van der Waals surface area contributed by atoms with Crippen LogP contribution in [0.4, 0.5) is 14.6 Å². The molecule has 6 rings (SSSR count). The number of pyridine rings is 2. The molecule has 0 amide bonds. The van der Waals surface area contributed by atoms with Crippen molar-refractivity contribution in [3.05, 3.63) is 144 Å². The van der Waals surface area contributed by atoms with Crippen molar-refractivity contribution in [3.63, 3.8) is 0 Å². The number of anilines is 1. The molecule has 2 aromatic heterocycles. The molecule has 0 atom stereocenters. The molecule has 11 heteroatoms. The van der Waals surface area contributed by atoms with Crippen molar-refractivity contribution in [3.8, 4) is 0 Å². The highest BCUT2D eigenvalue weighted by Crippen LogP contribution is 2.29. The van der Waals surface area contributed by atoms with Gasteiger partial charge >= 0.3 is 0 Å². The molecule has 2 heterocycles. The number of nitrogens with zero attached hydrogens (tertiary/aromatic N) is 2. The molecular formula is C34H27Cl5F2N4. The number of aromatic nitrogens is 2. The molecule has 0 spiro atoms. The quantitative estimate of drug-likeness (QED) is 0.179. The fraction of sp³-hybridized carbons (Fsp3) is 0.118. The summed E-state index contributed by atoms with van der Waals surface area (Å²) in [7, 11) is 0. The van der Waals surface area contributed by atoms with Gasteiger partial charge in [-0.1, -0.05) is 82.3 Å². The predicted molar refractivity (Wildman–Crippen MR) is 186 cm³/mol. The van der Waals surface area contributed by atoms with Gasteiger partial charge in [0.05, 0.1) is 21.1 Å². The molecule has 0 radical (unpaired) electrons. The van der Waals surface area contributed by atoms with E-state index in [0.29, 0.717) is 56.1 Å². The summed E-state index contributed by atoms with van der Waals surface area (Å²) in [6.45, 7) is 4.51. The molecular weight excluding hydrogens is 680 g/mol. The van der Waals surface area contributed by atoms with Gasteiger partial charge in [0.2, 0.25) is 0 Å². The molecule has 0 aliphatic heterocycles. The summed E-state index contributed by atoms with van der Waals surface area (Å²) in [5.74, 6) is 0.0235. The largest absolute Gasteiger partial charge is 0.366 e. The third-order valence-electron chi connectivity index (χ3n) is 6.74. The van der Waals surface area contributed by atoms with Gasteiger partial charge in [-0.05, 0) is 85.6 Å². The van der Waals surface area contributed by atoms with Gasteiger partial charge in [-0.3, -0.25) is 0 Å². The summed E-state index contributed by atoms with van der Waals surface area (Å²) in [5.41, 5.74) is 9.59. The Morgan fingerprint density at radius 3 is 1.60 bits per heavy atom. The van der Waals surface area contributed by atoms with Gasteiger partial charge in [-0.25, -0.2) is 18.7 Å². The van der Waals surface area contributed by atoms with Gasteiger partial charge in [0.25, 0.3) is 0 Å². The Balaban J connectivity index is 0.000000171. The second-order valence-corrected chi connectivity index (χ2v) is 11.9. The van der Waals surface area contributed by atoms with Gasteiger partial charge in [-0.15, -0.1) is 0 Å². The Morgan fingerprint density at radius 2 is 1.09 bits per heavy atom. The van der Waals surface area contributed by atoms with Crippen LogP contribution < -0.4 is 11.1 Å². The minimum atomic E-state index is -0.302. The van der Waals surface area contributed by atoms with Crippen LogP contribution in [0.5, 0.6) is 0 Å². The average Bonchev–Trinajstić information content (AvgIpc) is 3.02. The van der Waals surface area contributed by atoms with Crippen molar-refractivity contribution >= 4 is 85.6 Å². The van der Waals surface area contributed by atoms with E-state index in [9.17, 15) is 8.78 Å². The van der Waals surface area contributed by atoms with Gasteiger partial charge in [-0.2, -0.15) is 0 Å². The average molecular weight is 707 g/mol. The minimum absolute atomic E-state index is 0.274. The van der Waals surface area contributed by atoms with Crippen molar-refractivity contribution < 1.29 is 8.78 Å². The number of fused-ring (bicyclic) bond motifs is 2. The maximum atomic E-state index is 13.7. The highest BCUT2D eigenvalue weighted by Gasteiger charge is 2.10. The summed E-state index contributed by atoms with van der Waals surface area (Å²) < 4.78 is 26.9. The Morgan fingerprint density at radius 1 is 0.622 bits per heavy atom. The van der Waals surface area contributed by atoms with E-state index >= 15 is 0 Å². The lowest BCUT2D eigenvalue weighted by molar-refractivity contribution is 0.620. The first-order valence-electron chi connectivity index (χ1n) is 13.6. The predicted octanol–water partition coefficient (Wildman–Crippen LogP) is 11.4. The van der Waals surface area contributed by atoms with E-state index in [0.717, 1.165) is 26.9 Å². The standard InChI is InChI=1S/C17H13Cl2FN2.C10H6Cl2FN.C7H8ClN/c1-10-15(20)7-6-13-14(19)8-16(22-17(10)13)21-9-11-2-4-12(18)5-3-11;1-5-8(13)3-2-6-7(11)4-9(12)14-10(5)6;8-7-3-1-6(5-9)2-4-7/h2-8H,9H2,1H3,(H,21,22);2-4H,1H3;1-4H,5,9H2. The molecule has 0 aliphatic carbocycles. The molecule has 0 bridgehead atoms. The maximum Gasteiger partial charge on any atom is 0.131 e. The maximum absolute atomic E-state index is 13.7. The van der Waals surface area contributed by atoms with Gasteiger partial charge in [0, 0.05) is 45.0 Å². The lowest BCUT2D eigenvalue weighted by Gasteiger charge is -2.10. The molecule has 6 aromatic rings. The van der Waals surface area contributed by atoms with Crippen LogP contribution in [-0.2, 0) is 13.1 Å². The molecule has 4 aromatic carbocycles. The number of aryl methyl sites for hydroxylation is 2. The highest BCUT2D eigenvalue weighted by atomic mass is 35.5. The fourth-order valence-corrected chi connectivity index (χ4v) is 5.22. The lowest BCUT2D eigenvalue weighted by atomic mass is 10.1. The van der Waals surface area contributed by atoms with Crippen LogP contribution in [0.15, 0.2) is 84.9 Å². The van der Waals surface area contributed by atoms with E-state index in [-0.39, 0.29) is 16.8 Å².